The van der Waals surface area contributed by atoms with Gasteiger partial charge in [-0.15, -0.1) is 11.3 Å². The van der Waals surface area contributed by atoms with Crippen molar-refractivity contribution in [3.8, 4) is 0 Å². The van der Waals surface area contributed by atoms with Crippen molar-refractivity contribution in [2.24, 2.45) is 0 Å². The molecule has 0 amide bonds. The standard InChI is InChI=1S/C13H17NS/c1-5-12-14-10-7-6-9(13(2,3)4)8-11(10)15-12/h6-8H,5H2,1-4H3. The van der Waals surface area contributed by atoms with E-state index in [0.29, 0.717) is 0 Å². The van der Waals surface area contributed by atoms with Gasteiger partial charge in [-0.25, -0.2) is 4.98 Å². The maximum Gasteiger partial charge on any atom is 0.0935 e. The van der Waals surface area contributed by atoms with Gasteiger partial charge in [0.1, 0.15) is 0 Å². The highest BCUT2D eigenvalue weighted by molar-refractivity contribution is 7.18. The molecule has 0 spiro atoms. The molecule has 2 heteroatoms. The minimum Gasteiger partial charge on any atom is -0.241 e. The van der Waals surface area contributed by atoms with Gasteiger partial charge in [0.25, 0.3) is 0 Å². The number of hydrogen-bond acceptors (Lipinski definition) is 2. The van der Waals surface area contributed by atoms with E-state index in [1.165, 1.54) is 15.3 Å². The third-order valence-electron chi connectivity index (χ3n) is 2.60. The van der Waals surface area contributed by atoms with Crippen molar-refractivity contribution in [1.82, 2.24) is 4.98 Å². The van der Waals surface area contributed by atoms with E-state index in [-0.39, 0.29) is 5.41 Å². The van der Waals surface area contributed by atoms with Crippen LogP contribution in [0.3, 0.4) is 0 Å². The molecular formula is C13H17NS. The van der Waals surface area contributed by atoms with Gasteiger partial charge >= 0.3 is 0 Å². The number of rotatable bonds is 1. The zero-order chi connectivity index (χ0) is 11.1. The highest BCUT2D eigenvalue weighted by Gasteiger charge is 2.14. The first-order valence-electron chi connectivity index (χ1n) is 5.40. The molecule has 0 aliphatic carbocycles. The Morgan fingerprint density at radius 1 is 1.27 bits per heavy atom. The van der Waals surface area contributed by atoms with Crippen LogP contribution in [0.25, 0.3) is 10.2 Å². The monoisotopic (exact) mass is 219 g/mol. The Balaban J connectivity index is 2.55. The molecule has 1 nitrogen and oxygen atoms in total. The molecular weight excluding hydrogens is 202 g/mol. The van der Waals surface area contributed by atoms with Gasteiger partial charge in [0.2, 0.25) is 0 Å². The Kier molecular flexibility index (Phi) is 2.55. The normalized spacial score (nSPS) is 12.3. The van der Waals surface area contributed by atoms with E-state index < -0.39 is 0 Å². The second-order valence-electron chi connectivity index (χ2n) is 4.89. The first-order valence-corrected chi connectivity index (χ1v) is 6.22. The predicted molar refractivity (Wildman–Crippen MR) is 67.7 cm³/mol. The summed E-state index contributed by atoms with van der Waals surface area (Å²) in [5, 5.41) is 1.23. The van der Waals surface area contributed by atoms with Gasteiger partial charge in [-0.05, 0) is 29.5 Å². The van der Waals surface area contributed by atoms with Crippen molar-refractivity contribution in [3.63, 3.8) is 0 Å². The van der Waals surface area contributed by atoms with Gasteiger partial charge in [-0.2, -0.15) is 0 Å². The van der Waals surface area contributed by atoms with Crippen molar-refractivity contribution < 1.29 is 0 Å². The fourth-order valence-electron chi connectivity index (χ4n) is 1.59. The molecule has 0 N–H and O–H groups in total. The third kappa shape index (κ3) is 2.05. The molecule has 0 aliphatic heterocycles. The molecule has 1 aromatic heterocycles. The van der Waals surface area contributed by atoms with Crippen LogP contribution >= 0.6 is 11.3 Å². The maximum absolute atomic E-state index is 4.57. The largest absolute Gasteiger partial charge is 0.241 e. The Hall–Kier alpha value is -0.890. The van der Waals surface area contributed by atoms with E-state index in [4.69, 9.17) is 0 Å². The Morgan fingerprint density at radius 3 is 2.60 bits per heavy atom. The lowest BCUT2D eigenvalue weighted by molar-refractivity contribution is 0.591. The Bertz CT molecular complexity index is 477. The predicted octanol–water partition coefficient (Wildman–Crippen LogP) is 4.16. The summed E-state index contributed by atoms with van der Waals surface area (Å²) in [5.74, 6) is 0. The average Bonchev–Trinajstić information content (AvgIpc) is 2.57. The summed E-state index contributed by atoms with van der Waals surface area (Å²) >= 11 is 1.82. The Morgan fingerprint density at radius 2 is 2.00 bits per heavy atom. The molecule has 0 saturated heterocycles. The summed E-state index contributed by atoms with van der Waals surface area (Å²) in [4.78, 5) is 4.57. The van der Waals surface area contributed by atoms with Crippen molar-refractivity contribution in [2.45, 2.75) is 39.5 Å². The number of fused-ring (bicyclic) bond motifs is 1. The summed E-state index contributed by atoms with van der Waals surface area (Å²) in [6.45, 7) is 8.89. The van der Waals surface area contributed by atoms with Gasteiger partial charge < -0.3 is 0 Å². The summed E-state index contributed by atoms with van der Waals surface area (Å²) in [7, 11) is 0. The fraction of sp³-hybridized carbons (Fsp3) is 0.462. The van der Waals surface area contributed by atoms with E-state index in [0.717, 1.165) is 11.9 Å². The molecule has 0 atom stereocenters. The van der Waals surface area contributed by atoms with Gasteiger partial charge in [-0.1, -0.05) is 33.8 Å². The van der Waals surface area contributed by atoms with Crippen LogP contribution in [0.1, 0.15) is 38.3 Å². The molecule has 1 heterocycles. The summed E-state index contributed by atoms with van der Waals surface area (Å²) in [5.41, 5.74) is 2.76. The topological polar surface area (TPSA) is 12.9 Å². The highest BCUT2D eigenvalue weighted by atomic mass is 32.1. The molecule has 0 radical (unpaired) electrons. The van der Waals surface area contributed by atoms with Crippen LogP contribution in [0.15, 0.2) is 18.2 Å². The molecule has 80 valence electrons. The van der Waals surface area contributed by atoms with E-state index in [9.17, 15) is 0 Å². The van der Waals surface area contributed by atoms with Crippen LogP contribution in [0.2, 0.25) is 0 Å². The van der Waals surface area contributed by atoms with E-state index in [1.54, 1.807) is 0 Å². The second-order valence-corrected chi connectivity index (χ2v) is 6.01. The second kappa shape index (κ2) is 3.60. The van der Waals surface area contributed by atoms with Crippen LogP contribution in [-0.4, -0.2) is 4.98 Å². The zero-order valence-corrected chi connectivity index (χ0v) is 10.6. The molecule has 0 unspecified atom stereocenters. The lowest BCUT2D eigenvalue weighted by atomic mass is 9.87. The van der Waals surface area contributed by atoms with E-state index in [2.05, 4.69) is 50.9 Å². The fourth-order valence-corrected chi connectivity index (χ4v) is 2.54. The van der Waals surface area contributed by atoms with Crippen LogP contribution in [0.4, 0.5) is 0 Å². The van der Waals surface area contributed by atoms with Crippen molar-refractivity contribution in [3.05, 3.63) is 28.8 Å². The van der Waals surface area contributed by atoms with E-state index in [1.807, 2.05) is 11.3 Å². The third-order valence-corrected chi connectivity index (χ3v) is 3.76. The van der Waals surface area contributed by atoms with Gasteiger partial charge in [0, 0.05) is 0 Å². The quantitative estimate of drug-likeness (QED) is 0.702. The molecule has 2 rings (SSSR count). The molecule has 0 bridgehead atoms. The van der Waals surface area contributed by atoms with Gasteiger partial charge in [-0.3, -0.25) is 0 Å². The minimum absolute atomic E-state index is 0.227. The summed E-state index contributed by atoms with van der Waals surface area (Å²) in [6.07, 6.45) is 1.03. The lowest BCUT2D eigenvalue weighted by Gasteiger charge is -2.18. The lowest BCUT2D eigenvalue weighted by Crippen LogP contribution is -2.10. The molecule has 0 saturated carbocycles. The van der Waals surface area contributed by atoms with Gasteiger partial charge in [0.15, 0.2) is 0 Å². The zero-order valence-electron chi connectivity index (χ0n) is 9.79. The maximum atomic E-state index is 4.57. The summed E-state index contributed by atoms with van der Waals surface area (Å²) in [6, 6.07) is 6.62. The number of thiazole rings is 1. The van der Waals surface area contributed by atoms with Crippen LogP contribution in [0, 0.1) is 0 Å². The highest BCUT2D eigenvalue weighted by Crippen LogP contribution is 2.29. The number of aromatic nitrogens is 1. The van der Waals surface area contributed by atoms with Gasteiger partial charge in [0.05, 0.1) is 15.2 Å². The van der Waals surface area contributed by atoms with E-state index >= 15 is 0 Å². The van der Waals surface area contributed by atoms with Crippen molar-refractivity contribution >= 4 is 21.6 Å². The molecule has 0 aliphatic rings. The number of nitrogens with zero attached hydrogens (tertiary/aromatic N) is 1. The van der Waals surface area contributed by atoms with Crippen LogP contribution in [-0.2, 0) is 11.8 Å². The average molecular weight is 219 g/mol. The Labute approximate surface area is 95.2 Å². The number of benzene rings is 1. The number of hydrogen-bond donors (Lipinski definition) is 0. The minimum atomic E-state index is 0.227. The smallest absolute Gasteiger partial charge is 0.0935 e. The number of aryl methyl sites for hydroxylation is 1. The molecule has 1 aromatic carbocycles. The SMILES string of the molecule is CCc1nc2ccc(C(C)(C)C)cc2s1. The molecule has 15 heavy (non-hydrogen) atoms. The van der Waals surface area contributed by atoms with Crippen LogP contribution < -0.4 is 0 Å². The van der Waals surface area contributed by atoms with Crippen molar-refractivity contribution in [2.75, 3.05) is 0 Å². The summed E-state index contributed by atoms with van der Waals surface area (Å²) < 4.78 is 1.32. The first kappa shape index (κ1) is 10.6. The molecule has 0 fully saturated rings. The van der Waals surface area contributed by atoms with Crippen LogP contribution in [0.5, 0.6) is 0 Å². The first-order chi connectivity index (χ1) is 7.00. The van der Waals surface area contributed by atoms with Crippen molar-refractivity contribution in [1.29, 1.82) is 0 Å². The molecule has 2 aromatic rings.